The predicted molar refractivity (Wildman–Crippen MR) is 53.9 cm³/mol. The van der Waals surface area contributed by atoms with E-state index in [2.05, 4.69) is 0 Å². The molecule has 0 bridgehead atoms. The molecular formula is C11H9F6NO. The molecule has 0 fully saturated rings. The molecule has 0 aliphatic rings. The van der Waals surface area contributed by atoms with Gasteiger partial charge in [0.25, 0.3) is 5.91 Å². The Balaban J connectivity index is 2.88. The molecule has 1 atom stereocenters. The molecule has 0 aliphatic heterocycles. The fraction of sp³-hybridized carbons (Fsp3) is 0.364. The van der Waals surface area contributed by atoms with E-state index in [-0.39, 0.29) is 0 Å². The van der Waals surface area contributed by atoms with Gasteiger partial charge in [-0.2, -0.15) is 8.78 Å². The van der Waals surface area contributed by atoms with Crippen LogP contribution < -0.4 is 5.32 Å². The van der Waals surface area contributed by atoms with Crippen LogP contribution in [0.5, 0.6) is 0 Å². The van der Waals surface area contributed by atoms with Gasteiger partial charge in [-0.1, -0.05) is 0 Å². The largest absolute Gasteiger partial charge is 0.383 e. The van der Waals surface area contributed by atoms with Crippen LogP contribution in [0.3, 0.4) is 0 Å². The van der Waals surface area contributed by atoms with Crippen molar-refractivity contribution in [3.63, 3.8) is 0 Å². The van der Waals surface area contributed by atoms with Gasteiger partial charge in [0.1, 0.15) is 11.6 Å². The van der Waals surface area contributed by atoms with Crippen molar-refractivity contribution in [3.05, 3.63) is 35.4 Å². The minimum atomic E-state index is -4.89. The summed E-state index contributed by atoms with van der Waals surface area (Å²) in [4.78, 5) is 10.9. The zero-order valence-electron chi connectivity index (χ0n) is 9.56. The summed E-state index contributed by atoms with van der Waals surface area (Å²) in [6.45, 7) is 1.07. The maximum absolute atomic E-state index is 13.3. The van der Waals surface area contributed by atoms with E-state index in [0.717, 1.165) is 19.1 Å². The normalized spacial score (nSPS) is 13.5. The van der Waals surface area contributed by atoms with Crippen LogP contribution in [0.2, 0.25) is 0 Å². The number of halogens is 6. The van der Waals surface area contributed by atoms with Gasteiger partial charge >= 0.3 is 12.3 Å². The SMILES string of the molecule is CC(NC(=O)C(F)(F)C(F)F)c1cc(F)ccc1F. The molecule has 0 heterocycles. The smallest absolute Gasteiger partial charge is 0.344 e. The molecule has 0 radical (unpaired) electrons. The van der Waals surface area contributed by atoms with Crippen molar-refractivity contribution < 1.29 is 31.1 Å². The van der Waals surface area contributed by atoms with Crippen LogP contribution in [0.15, 0.2) is 18.2 Å². The number of hydrogen-bond acceptors (Lipinski definition) is 1. The number of carbonyl (C=O) groups is 1. The Bertz CT molecular complexity index is 476. The molecular weight excluding hydrogens is 276 g/mol. The van der Waals surface area contributed by atoms with Crippen molar-refractivity contribution in [2.24, 2.45) is 0 Å². The van der Waals surface area contributed by atoms with Gasteiger partial charge in [0, 0.05) is 5.56 Å². The van der Waals surface area contributed by atoms with Crippen molar-refractivity contribution in [1.29, 1.82) is 0 Å². The van der Waals surface area contributed by atoms with Gasteiger partial charge in [-0.15, -0.1) is 0 Å². The zero-order valence-corrected chi connectivity index (χ0v) is 9.56. The Morgan fingerprint density at radius 2 is 1.84 bits per heavy atom. The lowest BCUT2D eigenvalue weighted by Crippen LogP contribution is -2.46. The summed E-state index contributed by atoms with van der Waals surface area (Å²) in [5, 5.41) is 1.51. The molecule has 1 aromatic carbocycles. The highest BCUT2D eigenvalue weighted by atomic mass is 19.3. The second kappa shape index (κ2) is 5.50. The Morgan fingerprint density at radius 1 is 1.26 bits per heavy atom. The van der Waals surface area contributed by atoms with Crippen LogP contribution in [-0.2, 0) is 4.79 Å². The van der Waals surface area contributed by atoms with E-state index in [1.165, 1.54) is 5.32 Å². The number of benzene rings is 1. The first-order chi connectivity index (χ1) is 8.66. The van der Waals surface area contributed by atoms with Crippen molar-refractivity contribution in [2.75, 3.05) is 0 Å². The zero-order chi connectivity index (χ0) is 14.8. The van der Waals surface area contributed by atoms with Gasteiger partial charge in [0.2, 0.25) is 0 Å². The van der Waals surface area contributed by atoms with E-state index in [4.69, 9.17) is 0 Å². The third-order valence-electron chi connectivity index (χ3n) is 2.35. The minimum absolute atomic E-state index is 0.418. The first-order valence-electron chi connectivity index (χ1n) is 5.08. The first kappa shape index (κ1) is 15.3. The van der Waals surface area contributed by atoms with Gasteiger partial charge < -0.3 is 5.32 Å². The average Bonchev–Trinajstić information content (AvgIpc) is 2.31. The van der Waals surface area contributed by atoms with Crippen LogP contribution in [0, 0.1) is 11.6 Å². The molecule has 1 N–H and O–H groups in total. The molecule has 1 rings (SSSR count). The van der Waals surface area contributed by atoms with Gasteiger partial charge in [0.05, 0.1) is 6.04 Å². The Hall–Kier alpha value is -1.73. The summed E-state index contributed by atoms with van der Waals surface area (Å²) in [6.07, 6.45) is -4.18. The summed E-state index contributed by atoms with van der Waals surface area (Å²) >= 11 is 0. The Morgan fingerprint density at radius 3 is 2.37 bits per heavy atom. The third-order valence-corrected chi connectivity index (χ3v) is 2.35. The highest BCUT2D eigenvalue weighted by molar-refractivity contribution is 5.84. The number of nitrogens with one attached hydrogen (secondary N) is 1. The molecule has 1 amide bonds. The summed E-state index contributed by atoms with van der Waals surface area (Å²) in [6, 6.07) is 0.827. The molecule has 0 spiro atoms. The minimum Gasteiger partial charge on any atom is -0.344 e. The van der Waals surface area contributed by atoms with Crippen molar-refractivity contribution >= 4 is 5.91 Å². The van der Waals surface area contributed by atoms with Crippen molar-refractivity contribution in [1.82, 2.24) is 5.32 Å². The Labute approximate surface area is 104 Å². The van der Waals surface area contributed by atoms with Gasteiger partial charge in [-0.25, -0.2) is 17.6 Å². The molecule has 0 saturated heterocycles. The van der Waals surface area contributed by atoms with Crippen LogP contribution in [0.1, 0.15) is 18.5 Å². The molecule has 0 saturated carbocycles. The second-order valence-electron chi connectivity index (χ2n) is 3.78. The molecule has 19 heavy (non-hydrogen) atoms. The van der Waals surface area contributed by atoms with E-state index in [9.17, 15) is 31.1 Å². The first-order valence-corrected chi connectivity index (χ1v) is 5.08. The number of amides is 1. The van der Waals surface area contributed by atoms with E-state index in [0.29, 0.717) is 6.07 Å². The fourth-order valence-corrected chi connectivity index (χ4v) is 1.32. The molecule has 106 valence electrons. The van der Waals surface area contributed by atoms with Gasteiger partial charge in [-0.05, 0) is 25.1 Å². The quantitative estimate of drug-likeness (QED) is 0.846. The molecule has 2 nitrogen and oxygen atoms in total. The fourth-order valence-electron chi connectivity index (χ4n) is 1.32. The van der Waals surface area contributed by atoms with Crippen LogP contribution in [-0.4, -0.2) is 18.3 Å². The van der Waals surface area contributed by atoms with Gasteiger partial charge in [0.15, 0.2) is 0 Å². The second-order valence-corrected chi connectivity index (χ2v) is 3.78. The average molecular weight is 285 g/mol. The lowest BCUT2D eigenvalue weighted by molar-refractivity contribution is -0.170. The summed E-state index contributed by atoms with van der Waals surface area (Å²) in [5.41, 5.74) is -0.418. The van der Waals surface area contributed by atoms with Gasteiger partial charge in [-0.3, -0.25) is 4.79 Å². The predicted octanol–water partition coefficient (Wildman–Crippen LogP) is 3.04. The Kier molecular flexibility index (Phi) is 4.43. The third kappa shape index (κ3) is 3.39. The van der Waals surface area contributed by atoms with E-state index >= 15 is 0 Å². The summed E-state index contributed by atoms with van der Waals surface area (Å²) in [5.74, 6) is -8.94. The molecule has 8 heteroatoms. The summed E-state index contributed by atoms with van der Waals surface area (Å²) in [7, 11) is 0. The van der Waals surface area contributed by atoms with Crippen LogP contribution in [0.4, 0.5) is 26.3 Å². The van der Waals surface area contributed by atoms with E-state index in [1.807, 2.05) is 0 Å². The highest BCUT2D eigenvalue weighted by Gasteiger charge is 2.49. The van der Waals surface area contributed by atoms with E-state index in [1.54, 1.807) is 0 Å². The maximum Gasteiger partial charge on any atom is 0.383 e. The maximum atomic E-state index is 13.3. The number of rotatable bonds is 4. The van der Waals surface area contributed by atoms with Crippen molar-refractivity contribution in [3.8, 4) is 0 Å². The standard InChI is InChI=1S/C11H9F6NO/c1-5(7-4-6(12)2-3-8(7)13)18-10(19)11(16,17)9(14)15/h2-5,9H,1H3,(H,18,19). The topological polar surface area (TPSA) is 29.1 Å². The molecule has 1 aromatic rings. The number of hydrogen-bond donors (Lipinski definition) is 1. The molecule has 0 aliphatic carbocycles. The van der Waals surface area contributed by atoms with Crippen LogP contribution in [0.25, 0.3) is 0 Å². The number of alkyl halides is 4. The van der Waals surface area contributed by atoms with E-state index < -0.39 is 41.5 Å². The summed E-state index contributed by atoms with van der Waals surface area (Å²) < 4.78 is 75.3. The molecule has 1 unspecified atom stereocenters. The monoisotopic (exact) mass is 285 g/mol. The van der Waals surface area contributed by atoms with Crippen LogP contribution >= 0.6 is 0 Å². The number of carbonyl (C=O) groups excluding carboxylic acids is 1. The lowest BCUT2D eigenvalue weighted by Gasteiger charge is -2.19. The highest BCUT2D eigenvalue weighted by Crippen LogP contribution is 2.25. The lowest BCUT2D eigenvalue weighted by atomic mass is 10.1. The van der Waals surface area contributed by atoms with Crippen molar-refractivity contribution in [2.45, 2.75) is 25.3 Å². The molecule has 0 aromatic heterocycles.